The molecule has 0 saturated heterocycles. The Morgan fingerprint density at radius 2 is 1.26 bits per heavy atom. The van der Waals surface area contributed by atoms with Crippen molar-refractivity contribution in [1.29, 1.82) is 0 Å². The monoisotopic (exact) mass is 296 g/mol. The maximum Gasteiger partial charge on any atom is -0.00106 e. The number of fused-ring (bicyclic) bond motifs is 6. The molecule has 2 aliphatic carbocycles. The average molecular weight is 296 g/mol. The van der Waals surface area contributed by atoms with E-state index in [1.807, 2.05) is 0 Å². The second kappa shape index (κ2) is 4.35. The molecule has 2 aliphatic rings. The Hall–Kier alpha value is -2.34. The van der Waals surface area contributed by atoms with Crippen molar-refractivity contribution >= 4 is 0 Å². The van der Waals surface area contributed by atoms with Gasteiger partial charge in [-0.3, -0.25) is 0 Å². The molecule has 23 heavy (non-hydrogen) atoms. The zero-order valence-electron chi connectivity index (χ0n) is 14.0. The SMILES string of the molecule is Cc1cc(C)c2c(c1)-c1cc3c(cc1C2)-c1cccc(C)c1C3. The summed E-state index contributed by atoms with van der Waals surface area (Å²) in [6.07, 6.45) is 2.18. The molecule has 0 bridgehead atoms. The molecule has 0 heteroatoms. The van der Waals surface area contributed by atoms with E-state index in [0.29, 0.717) is 0 Å². The van der Waals surface area contributed by atoms with Crippen molar-refractivity contribution in [2.45, 2.75) is 33.6 Å². The van der Waals surface area contributed by atoms with Crippen LogP contribution in [0.2, 0.25) is 0 Å². The molecule has 0 heterocycles. The highest BCUT2D eigenvalue weighted by Gasteiger charge is 2.26. The van der Waals surface area contributed by atoms with Crippen molar-refractivity contribution in [3.63, 3.8) is 0 Å². The third kappa shape index (κ3) is 1.72. The third-order valence-electron chi connectivity index (χ3n) is 5.67. The number of aryl methyl sites for hydroxylation is 3. The Morgan fingerprint density at radius 1 is 0.609 bits per heavy atom. The van der Waals surface area contributed by atoms with Crippen LogP contribution in [0.1, 0.15) is 38.9 Å². The highest BCUT2D eigenvalue weighted by atomic mass is 14.3. The van der Waals surface area contributed by atoms with Gasteiger partial charge in [0.25, 0.3) is 0 Å². The molecular weight excluding hydrogens is 276 g/mol. The first-order valence-corrected chi connectivity index (χ1v) is 8.47. The fourth-order valence-corrected chi connectivity index (χ4v) is 4.53. The lowest BCUT2D eigenvalue weighted by Crippen LogP contribution is -1.87. The van der Waals surface area contributed by atoms with Crippen LogP contribution < -0.4 is 0 Å². The van der Waals surface area contributed by atoms with E-state index >= 15 is 0 Å². The molecule has 3 aromatic rings. The van der Waals surface area contributed by atoms with Gasteiger partial charge in [-0.05, 0) is 101 Å². The van der Waals surface area contributed by atoms with Gasteiger partial charge < -0.3 is 0 Å². The number of hydrogen-bond acceptors (Lipinski definition) is 0. The van der Waals surface area contributed by atoms with Gasteiger partial charge in [0.2, 0.25) is 0 Å². The van der Waals surface area contributed by atoms with Gasteiger partial charge in [0, 0.05) is 0 Å². The van der Waals surface area contributed by atoms with E-state index in [-0.39, 0.29) is 0 Å². The molecular formula is C23H20. The predicted molar refractivity (Wildman–Crippen MR) is 97.1 cm³/mol. The summed E-state index contributed by atoms with van der Waals surface area (Å²) in [6, 6.07) is 16.3. The first-order chi connectivity index (χ1) is 11.1. The summed E-state index contributed by atoms with van der Waals surface area (Å²) in [7, 11) is 0. The van der Waals surface area contributed by atoms with Crippen LogP contribution in [-0.2, 0) is 12.8 Å². The van der Waals surface area contributed by atoms with E-state index in [4.69, 9.17) is 0 Å². The van der Waals surface area contributed by atoms with Crippen LogP contribution in [-0.4, -0.2) is 0 Å². The standard InChI is InChI=1S/C23H20/c1-13-7-15(3)20-10-17-11-21-16(12-22(17)23(20)8-13)9-19-14(2)5-4-6-18(19)21/h4-8,11-12H,9-10H2,1-3H3. The fraction of sp³-hybridized carbons (Fsp3) is 0.217. The lowest BCUT2D eigenvalue weighted by Gasteiger charge is -2.08. The molecule has 0 aliphatic heterocycles. The van der Waals surface area contributed by atoms with E-state index in [9.17, 15) is 0 Å². The smallest absolute Gasteiger partial charge is 0.00106 e. The lowest BCUT2D eigenvalue weighted by atomic mass is 9.97. The van der Waals surface area contributed by atoms with E-state index in [2.05, 4.69) is 63.2 Å². The minimum Gasteiger partial charge on any atom is -0.0614 e. The summed E-state index contributed by atoms with van der Waals surface area (Å²) < 4.78 is 0. The fourth-order valence-electron chi connectivity index (χ4n) is 4.53. The normalized spacial score (nSPS) is 13.5. The van der Waals surface area contributed by atoms with E-state index < -0.39 is 0 Å². The van der Waals surface area contributed by atoms with Crippen molar-refractivity contribution in [2.75, 3.05) is 0 Å². The molecule has 112 valence electrons. The van der Waals surface area contributed by atoms with Crippen molar-refractivity contribution < 1.29 is 0 Å². The topological polar surface area (TPSA) is 0 Å². The average Bonchev–Trinajstić information content (AvgIpc) is 3.05. The molecule has 0 unspecified atom stereocenters. The van der Waals surface area contributed by atoms with Crippen molar-refractivity contribution in [3.8, 4) is 22.3 Å². The lowest BCUT2D eigenvalue weighted by molar-refractivity contribution is 1.20. The summed E-state index contributed by atoms with van der Waals surface area (Å²) in [6.45, 7) is 6.70. The van der Waals surface area contributed by atoms with Crippen molar-refractivity contribution in [2.24, 2.45) is 0 Å². The van der Waals surface area contributed by atoms with E-state index in [1.165, 1.54) is 61.2 Å². The predicted octanol–water partition coefficient (Wildman–Crippen LogP) is 5.75. The minimum atomic E-state index is 1.09. The first kappa shape index (κ1) is 13.1. The van der Waals surface area contributed by atoms with Gasteiger partial charge in [-0.2, -0.15) is 0 Å². The maximum absolute atomic E-state index is 2.47. The van der Waals surface area contributed by atoms with Crippen LogP contribution in [0.15, 0.2) is 42.5 Å². The quantitative estimate of drug-likeness (QED) is 0.341. The van der Waals surface area contributed by atoms with Gasteiger partial charge in [0.15, 0.2) is 0 Å². The van der Waals surface area contributed by atoms with E-state index in [1.54, 1.807) is 0 Å². The molecule has 0 nitrogen and oxygen atoms in total. The van der Waals surface area contributed by atoms with Crippen LogP contribution in [0.5, 0.6) is 0 Å². The Balaban J connectivity index is 1.74. The van der Waals surface area contributed by atoms with Crippen LogP contribution in [0.4, 0.5) is 0 Å². The summed E-state index contributed by atoms with van der Waals surface area (Å²) in [5, 5.41) is 0. The van der Waals surface area contributed by atoms with Crippen molar-refractivity contribution in [1.82, 2.24) is 0 Å². The van der Waals surface area contributed by atoms with Crippen LogP contribution in [0.25, 0.3) is 22.3 Å². The van der Waals surface area contributed by atoms with Gasteiger partial charge in [0.05, 0.1) is 0 Å². The molecule has 0 spiro atoms. The molecule has 0 atom stereocenters. The highest BCUT2D eigenvalue weighted by Crippen LogP contribution is 2.46. The molecule has 0 amide bonds. The highest BCUT2D eigenvalue weighted by molar-refractivity contribution is 5.86. The van der Waals surface area contributed by atoms with Crippen molar-refractivity contribution in [3.05, 3.63) is 81.4 Å². The number of benzene rings is 3. The Kier molecular flexibility index (Phi) is 2.48. The third-order valence-corrected chi connectivity index (χ3v) is 5.67. The first-order valence-electron chi connectivity index (χ1n) is 8.47. The summed E-state index contributed by atoms with van der Waals surface area (Å²) in [5.41, 5.74) is 16.1. The van der Waals surface area contributed by atoms with Crippen LogP contribution in [0, 0.1) is 20.8 Å². The van der Waals surface area contributed by atoms with Gasteiger partial charge in [0.1, 0.15) is 0 Å². The Morgan fingerprint density at radius 3 is 2.00 bits per heavy atom. The van der Waals surface area contributed by atoms with Crippen LogP contribution >= 0.6 is 0 Å². The van der Waals surface area contributed by atoms with Gasteiger partial charge >= 0.3 is 0 Å². The second-order valence-corrected chi connectivity index (χ2v) is 7.23. The number of rotatable bonds is 0. The number of hydrogen-bond donors (Lipinski definition) is 0. The van der Waals surface area contributed by atoms with Gasteiger partial charge in [-0.15, -0.1) is 0 Å². The largest absolute Gasteiger partial charge is 0.0614 e. The van der Waals surface area contributed by atoms with Gasteiger partial charge in [-0.1, -0.05) is 35.9 Å². The summed E-state index contributed by atoms with van der Waals surface area (Å²) >= 11 is 0. The maximum atomic E-state index is 2.47. The molecule has 0 radical (unpaired) electrons. The van der Waals surface area contributed by atoms with Crippen LogP contribution in [0.3, 0.4) is 0 Å². The minimum absolute atomic E-state index is 1.09. The van der Waals surface area contributed by atoms with E-state index in [0.717, 1.165) is 12.8 Å². The molecule has 3 aromatic carbocycles. The molecule has 0 aromatic heterocycles. The molecule has 0 N–H and O–H groups in total. The zero-order valence-corrected chi connectivity index (χ0v) is 14.0. The molecule has 0 fully saturated rings. The Labute approximate surface area is 137 Å². The second-order valence-electron chi connectivity index (χ2n) is 7.23. The Bertz CT molecular complexity index is 989. The summed E-state index contributed by atoms with van der Waals surface area (Å²) in [5.74, 6) is 0. The molecule has 5 rings (SSSR count). The molecule has 0 saturated carbocycles. The van der Waals surface area contributed by atoms with Gasteiger partial charge in [-0.25, -0.2) is 0 Å². The summed E-state index contributed by atoms with van der Waals surface area (Å²) in [4.78, 5) is 0. The zero-order chi connectivity index (χ0) is 15.7.